The second-order valence-corrected chi connectivity index (χ2v) is 5.80. The lowest BCUT2D eigenvalue weighted by Crippen LogP contribution is -1.98. The highest BCUT2D eigenvalue weighted by atomic mass is 28.2. The zero-order valence-electron chi connectivity index (χ0n) is 11.5. The van der Waals surface area contributed by atoms with Gasteiger partial charge in [0.25, 0.3) is 0 Å². The summed E-state index contributed by atoms with van der Waals surface area (Å²) in [6.45, 7) is 0. The van der Waals surface area contributed by atoms with Crippen molar-refractivity contribution >= 4 is 20.5 Å². The van der Waals surface area contributed by atoms with Crippen molar-refractivity contribution in [2.75, 3.05) is 7.11 Å². The first-order valence-corrected chi connectivity index (χ1v) is 7.83. The van der Waals surface area contributed by atoms with Crippen molar-refractivity contribution in [3.63, 3.8) is 0 Å². The van der Waals surface area contributed by atoms with Crippen LogP contribution in [0.2, 0.25) is 0 Å². The number of fused-ring (bicyclic) bond motifs is 1. The van der Waals surface area contributed by atoms with E-state index in [-0.39, 0.29) is 0 Å². The molecule has 0 N–H and O–H groups in total. The minimum absolute atomic E-state index is 0.540. The fraction of sp³-hybridized carbons (Fsp3) is 0.111. The lowest BCUT2D eigenvalue weighted by molar-refractivity contribution is 0.441. The highest BCUT2D eigenvalue weighted by Crippen LogP contribution is 2.28. The summed E-state index contributed by atoms with van der Waals surface area (Å²) in [5.41, 5.74) is 3.89. The smallest absolute Gasteiger partial charge is 0.233 e. The van der Waals surface area contributed by atoms with E-state index in [4.69, 9.17) is 4.43 Å². The van der Waals surface area contributed by atoms with Crippen molar-refractivity contribution in [2.45, 2.75) is 6.04 Å². The summed E-state index contributed by atoms with van der Waals surface area (Å²) in [5.74, 6) is 0. The third-order valence-electron chi connectivity index (χ3n) is 3.48. The van der Waals surface area contributed by atoms with Gasteiger partial charge in [0.2, 0.25) is 9.76 Å². The van der Waals surface area contributed by atoms with Gasteiger partial charge in [-0.25, -0.2) is 0 Å². The first-order valence-electron chi connectivity index (χ1n) is 6.71. The normalized spacial score (nSPS) is 10.8. The van der Waals surface area contributed by atoms with Gasteiger partial charge in [-0.15, -0.1) is 0 Å². The van der Waals surface area contributed by atoms with Crippen molar-refractivity contribution in [3.05, 3.63) is 72.3 Å². The molecule has 0 fully saturated rings. The second kappa shape index (κ2) is 6.03. The molecule has 0 aromatic heterocycles. The van der Waals surface area contributed by atoms with E-state index >= 15 is 0 Å². The van der Waals surface area contributed by atoms with Crippen LogP contribution >= 0.6 is 0 Å². The predicted octanol–water partition coefficient (Wildman–Crippen LogP) is 4.27. The molecule has 3 aromatic carbocycles. The van der Waals surface area contributed by atoms with Crippen LogP contribution < -0.4 is 0 Å². The van der Waals surface area contributed by atoms with Crippen molar-refractivity contribution in [1.29, 1.82) is 0 Å². The van der Waals surface area contributed by atoms with Gasteiger partial charge in [0, 0.05) is 7.11 Å². The average Bonchev–Trinajstić information content (AvgIpc) is 2.53. The van der Waals surface area contributed by atoms with E-state index in [1.54, 1.807) is 7.11 Å². The molecule has 3 rings (SSSR count). The maximum absolute atomic E-state index is 5.15. The maximum Gasteiger partial charge on any atom is 0.233 e. The molecule has 0 aliphatic carbocycles. The maximum atomic E-state index is 5.15. The van der Waals surface area contributed by atoms with Crippen molar-refractivity contribution < 1.29 is 4.43 Å². The third kappa shape index (κ3) is 2.67. The van der Waals surface area contributed by atoms with E-state index in [0.29, 0.717) is 9.76 Å². The summed E-state index contributed by atoms with van der Waals surface area (Å²) in [6, 6.07) is 24.8. The molecular formula is C18H16OSi. The van der Waals surface area contributed by atoms with Crippen molar-refractivity contribution in [2.24, 2.45) is 0 Å². The average molecular weight is 276 g/mol. The molecule has 98 valence electrons. The van der Waals surface area contributed by atoms with E-state index in [9.17, 15) is 0 Å². The summed E-state index contributed by atoms with van der Waals surface area (Å²) < 4.78 is 5.15. The van der Waals surface area contributed by atoms with Crippen LogP contribution in [0.15, 0.2) is 66.7 Å². The summed E-state index contributed by atoms with van der Waals surface area (Å²) in [7, 11) is 2.29. The van der Waals surface area contributed by atoms with Crippen LogP contribution in [0.1, 0.15) is 5.56 Å². The lowest BCUT2D eigenvalue weighted by atomic mass is 9.98. The van der Waals surface area contributed by atoms with Gasteiger partial charge in [-0.05, 0) is 33.5 Å². The number of hydrogen-bond acceptors (Lipinski definition) is 1. The van der Waals surface area contributed by atoms with E-state index in [2.05, 4.69) is 66.7 Å². The lowest BCUT2D eigenvalue weighted by Gasteiger charge is -2.08. The zero-order valence-corrected chi connectivity index (χ0v) is 12.5. The van der Waals surface area contributed by atoms with Crippen LogP contribution in [0.4, 0.5) is 0 Å². The molecule has 0 atom stereocenters. The minimum Gasteiger partial charge on any atom is -0.420 e. The van der Waals surface area contributed by atoms with E-state index in [0.717, 1.165) is 6.04 Å². The standard InChI is InChI=1S/C18H16OSi/c1-19-20-13-14-9-11-16(12-10-14)18-8-4-6-15-5-2-3-7-17(15)18/h2-12H,13H2,1H3. The Labute approximate surface area is 122 Å². The van der Waals surface area contributed by atoms with Crippen molar-refractivity contribution in [1.82, 2.24) is 0 Å². The fourth-order valence-electron chi connectivity index (χ4n) is 2.43. The van der Waals surface area contributed by atoms with Crippen LogP contribution in [0.25, 0.3) is 21.9 Å². The third-order valence-corrected chi connectivity index (χ3v) is 4.32. The monoisotopic (exact) mass is 276 g/mol. The first kappa shape index (κ1) is 13.1. The summed E-state index contributed by atoms with van der Waals surface area (Å²) in [5, 5.41) is 2.59. The topological polar surface area (TPSA) is 9.23 Å². The molecule has 2 heteroatoms. The van der Waals surface area contributed by atoms with Crippen LogP contribution in [0, 0.1) is 0 Å². The minimum atomic E-state index is 0.540. The summed E-state index contributed by atoms with van der Waals surface area (Å²) in [6.07, 6.45) is 0. The molecule has 0 heterocycles. The molecule has 0 aliphatic heterocycles. The van der Waals surface area contributed by atoms with Crippen LogP contribution in [-0.4, -0.2) is 16.9 Å². The van der Waals surface area contributed by atoms with Crippen LogP contribution in [0.3, 0.4) is 0 Å². The summed E-state index contributed by atoms with van der Waals surface area (Å²) >= 11 is 0. The Balaban J connectivity index is 1.98. The van der Waals surface area contributed by atoms with Gasteiger partial charge in [0.05, 0.1) is 0 Å². The molecule has 0 amide bonds. The molecule has 2 radical (unpaired) electrons. The Morgan fingerprint density at radius 1 is 0.850 bits per heavy atom. The van der Waals surface area contributed by atoms with Crippen molar-refractivity contribution in [3.8, 4) is 11.1 Å². The first-order chi connectivity index (χ1) is 9.88. The van der Waals surface area contributed by atoms with Crippen LogP contribution in [-0.2, 0) is 10.5 Å². The predicted molar refractivity (Wildman–Crippen MR) is 85.9 cm³/mol. The number of rotatable bonds is 4. The highest BCUT2D eigenvalue weighted by molar-refractivity contribution is 6.26. The fourth-order valence-corrected chi connectivity index (χ4v) is 2.98. The molecule has 0 saturated heterocycles. The van der Waals surface area contributed by atoms with Gasteiger partial charge in [0.1, 0.15) is 0 Å². The van der Waals surface area contributed by atoms with Gasteiger partial charge in [-0.3, -0.25) is 0 Å². The molecule has 0 spiro atoms. The Hall–Kier alpha value is -1.90. The SMILES string of the molecule is CO[Si]Cc1ccc(-c2cccc3ccccc23)cc1. The van der Waals surface area contributed by atoms with Gasteiger partial charge in [-0.2, -0.15) is 0 Å². The molecule has 0 bridgehead atoms. The molecule has 20 heavy (non-hydrogen) atoms. The number of hydrogen-bond donors (Lipinski definition) is 0. The largest absolute Gasteiger partial charge is 0.420 e. The molecule has 1 nitrogen and oxygen atoms in total. The van der Waals surface area contributed by atoms with E-state index in [1.807, 2.05) is 0 Å². The van der Waals surface area contributed by atoms with E-state index < -0.39 is 0 Å². The highest BCUT2D eigenvalue weighted by Gasteiger charge is 2.03. The van der Waals surface area contributed by atoms with Crippen LogP contribution in [0.5, 0.6) is 0 Å². The molecule has 0 unspecified atom stereocenters. The molecular weight excluding hydrogens is 260 g/mol. The zero-order chi connectivity index (χ0) is 13.8. The quantitative estimate of drug-likeness (QED) is 0.647. The Kier molecular flexibility index (Phi) is 3.95. The molecule has 3 aromatic rings. The second-order valence-electron chi connectivity index (χ2n) is 4.75. The van der Waals surface area contributed by atoms with Gasteiger partial charge in [0.15, 0.2) is 0 Å². The Bertz CT molecular complexity index is 699. The van der Waals surface area contributed by atoms with Gasteiger partial charge < -0.3 is 4.43 Å². The molecule has 0 saturated carbocycles. The van der Waals surface area contributed by atoms with Gasteiger partial charge in [-0.1, -0.05) is 66.7 Å². The van der Waals surface area contributed by atoms with Gasteiger partial charge >= 0.3 is 0 Å². The number of benzene rings is 3. The molecule has 0 aliphatic rings. The summed E-state index contributed by atoms with van der Waals surface area (Å²) in [4.78, 5) is 0. The van der Waals surface area contributed by atoms with E-state index in [1.165, 1.54) is 27.5 Å². The Morgan fingerprint density at radius 3 is 2.40 bits per heavy atom. The Morgan fingerprint density at radius 2 is 1.60 bits per heavy atom.